The van der Waals surface area contributed by atoms with Crippen molar-refractivity contribution in [1.82, 2.24) is 9.55 Å². The van der Waals surface area contributed by atoms with Crippen molar-refractivity contribution in [3.63, 3.8) is 0 Å². The minimum atomic E-state index is -5.08. The number of anilines is 1. The molecule has 0 radical (unpaired) electrons. The van der Waals surface area contributed by atoms with Gasteiger partial charge in [-0.15, -0.1) is 0 Å². The summed E-state index contributed by atoms with van der Waals surface area (Å²) >= 11 is 3.24. The summed E-state index contributed by atoms with van der Waals surface area (Å²) < 4.78 is 66.0. The molecule has 3 rings (SSSR count). The molecule has 0 unspecified atom stereocenters. The first-order chi connectivity index (χ1) is 16.3. The second-order valence-corrected chi connectivity index (χ2v) is 8.59. The summed E-state index contributed by atoms with van der Waals surface area (Å²) in [7, 11) is 0. The maximum absolute atomic E-state index is 13.9. The summed E-state index contributed by atoms with van der Waals surface area (Å²) in [5.74, 6) is -3.72. The Morgan fingerprint density at radius 1 is 1.31 bits per heavy atom. The van der Waals surface area contributed by atoms with Gasteiger partial charge in [-0.2, -0.15) is 18.2 Å². The molecule has 194 valence electrons. The Morgan fingerprint density at radius 2 is 1.94 bits per heavy atom. The highest BCUT2D eigenvalue weighted by Crippen LogP contribution is 2.30. The number of benzene rings is 1. The van der Waals surface area contributed by atoms with Gasteiger partial charge in [-0.25, -0.2) is 13.6 Å². The molecule has 0 spiro atoms. The SMILES string of the molecule is CC(C)n1c(N2CCC[C@H]2CO)nc(OCc2ccc(F)cc2F)c(Br)c1=O.O=C(O)C(F)(F)F. The summed E-state index contributed by atoms with van der Waals surface area (Å²) in [6, 6.07) is 2.93. The van der Waals surface area contributed by atoms with Crippen LogP contribution in [0.5, 0.6) is 5.88 Å². The number of nitrogens with zero attached hydrogens (tertiary/aromatic N) is 3. The van der Waals surface area contributed by atoms with E-state index in [1.54, 1.807) is 4.57 Å². The lowest BCUT2D eigenvalue weighted by molar-refractivity contribution is -0.192. The Balaban J connectivity index is 0.000000540. The molecule has 2 aromatic rings. The summed E-state index contributed by atoms with van der Waals surface area (Å²) in [6.45, 7) is 4.17. The van der Waals surface area contributed by atoms with Crippen LogP contribution in [0.2, 0.25) is 0 Å². The molecule has 1 atom stereocenters. The molecule has 1 saturated heterocycles. The summed E-state index contributed by atoms with van der Waals surface area (Å²) in [5.41, 5.74) is -0.169. The van der Waals surface area contributed by atoms with Crippen LogP contribution in [0.15, 0.2) is 27.5 Å². The van der Waals surface area contributed by atoms with Gasteiger partial charge in [0.15, 0.2) is 0 Å². The Bertz CT molecular complexity index is 1110. The lowest BCUT2D eigenvalue weighted by Crippen LogP contribution is -2.39. The molecule has 0 saturated carbocycles. The quantitative estimate of drug-likeness (QED) is 0.504. The largest absolute Gasteiger partial charge is 0.490 e. The summed E-state index contributed by atoms with van der Waals surface area (Å²) in [5, 5.41) is 16.8. The normalized spacial score (nSPS) is 15.7. The van der Waals surface area contributed by atoms with Gasteiger partial charge in [0.05, 0.1) is 12.6 Å². The highest BCUT2D eigenvalue weighted by Gasteiger charge is 2.38. The van der Waals surface area contributed by atoms with Crippen molar-refractivity contribution in [2.45, 2.75) is 51.6 Å². The van der Waals surface area contributed by atoms with E-state index in [9.17, 15) is 31.9 Å². The lowest BCUT2D eigenvalue weighted by atomic mass is 10.2. The van der Waals surface area contributed by atoms with Gasteiger partial charge in [-0.1, -0.05) is 0 Å². The van der Waals surface area contributed by atoms with Crippen LogP contribution < -0.4 is 15.2 Å². The molecular weight excluding hydrogens is 549 g/mol. The van der Waals surface area contributed by atoms with Gasteiger partial charge >= 0.3 is 12.1 Å². The van der Waals surface area contributed by atoms with E-state index < -0.39 is 23.8 Å². The fourth-order valence-corrected chi connectivity index (χ4v) is 3.71. The van der Waals surface area contributed by atoms with Crippen molar-refractivity contribution >= 4 is 27.8 Å². The average molecular weight is 572 g/mol. The van der Waals surface area contributed by atoms with Crippen LogP contribution in [0, 0.1) is 11.6 Å². The number of hydrogen-bond acceptors (Lipinski definition) is 6. The highest BCUT2D eigenvalue weighted by atomic mass is 79.9. The van der Waals surface area contributed by atoms with Crippen molar-refractivity contribution in [2.24, 2.45) is 0 Å². The lowest BCUT2D eigenvalue weighted by Gasteiger charge is -2.28. The van der Waals surface area contributed by atoms with E-state index in [-0.39, 0.29) is 46.8 Å². The van der Waals surface area contributed by atoms with Gasteiger partial charge in [-0.05, 0) is 54.8 Å². The fraction of sp³-hybridized carbons (Fsp3) is 0.476. The number of carboxylic acids is 1. The minimum absolute atomic E-state index is 0.0317. The molecule has 1 aromatic heterocycles. The van der Waals surface area contributed by atoms with Crippen LogP contribution in [0.1, 0.15) is 38.3 Å². The Morgan fingerprint density at radius 3 is 2.46 bits per heavy atom. The minimum Gasteiger partial charge on any atom is -0.475 e. The third-order valence-corrected chi connectivity index (χ3v) is 5.67. The molecule has 1 aliphatic heterocycles. The number of aromatic nitrogens is 2. The highest BCUT2D eigenvalue weighted by molar-refractivity contribution is 9.10. The van der Waals surface area contributed by atoms with E-state index in [2.05, 4.69) is 20.9 Å². The standard InChI is InChI=1S/C19H22BrF2N3O3.C2HF3O2/c1-11(2)25-18(27)16(20)17(23-19(25)24-7-3-4-14(24)9-26)28-10-12-5-6-13(21)8-15(12)22;3-2(4,5)1(6)7/h5-6,8,11,14,26H,3-4,7,9-10H2,1-2H3;(H,6,7)/t14-;/m0./s1. The molecule has 0 amide bonds. The molecule has 2 N–H and O–H groups in total. The molecule has 1 aliphatic rings. The zero-order valence-electron chi connectivity index (χ0n) is 18.7. The van der Waals surface area contributed by atoms with E-state index >= 15 is 0 Å². The number of hydrogen-bond donors (Lipinski definition) is 2. The number of aliphatic hydroxyl groups is 1. The number of ether oxygens (including phenoxy) is 1. The van der Waals surface area contributed by atoms with E-state index in [1.165, 1.54) is 6.07 Å². The Kier molecular flexibility index (Phi) is 9.60. The predicted molar refractivity (Wildman–Crippen MR) is 118 cm³/mol. The number of carbonyl (C=O) groups is 1. The third kappa shape index (κ3) is 7.13. The average Bonchev–Trinajstić information content (AvgIpc) is 3.23. The van der Waals surface area contributed by atoms with Gasteiger partial charge in [0.2, 0.25) is 11.8 Å². The van der Waals surface area contributed by atoms with Crippen molar-refractivity contribution in [3.05, 3.63) is 50.2 Å². The first-order valence-corrected chi connectivity index (χ1v) is 11.1. The predicted octanol–water partition coefficient (Wildman–Crippen LogP) is 4.04. The van der Waals surface area contributed by atoms with Crippen molar-refractivity contribution in [2.75, 3.05) is 18.1 Å². The van der Waals surface area contributed by atoms with E-state index in [0.29, 0.717) is 12.5 Å². The summed E-state index contributed by atoms with van der Waals surface area (Å²) in [4.78, 5) is 28.2. The smallest absolute Gasteiger partial charge is 0.475 e. The fourth-order valence-electron chi connectivity index (χ4n) is 3.32. The van der Waals surface area contributed by atoms with Gasteiger partial charge in [0.1, 0.15) is 22.7 Å². The number of aliphatic hydroxyl groups excluding tert-OH is 1. The third-order valence-electron chi connectivity index (χ3n) is 4.99. The molecule has 0 bridgehead atoms. The molecule has 8 nitrogen and oxygen atoms in total. The molecule has 14 heteroatoms. The van der Waals surface area contributed by atoms with Crippen molar-refractivity contribution in [1.29, 1.82) is 0 Å². The zero-order valence-corrected chi connectivity index (χ0v) is 20.2. The van der Waals surface area contributed by atoms with Crippen molar-refractivity contribution in [3.8, 4) is 5.88 Å². The molecular formula is C21H23BrF5N3O5. The van der Waals surface area contributed by atoms with E-state index in [4.69, 9.17) is 14.6 Å². The second-order valence-electron chi connectivity index (χ2n) is 7.80. The zero-order chi connectivity index (χ0) is 26.5. The number of aliphatic carboxylic acids is 1. The van der Waals surface area contributed by atoms with Gasteiger partial charge in [-0.3, -0.25) is 9.36 Å². The van der Waals surface area contributed by atoms with Crippen LogP contribution >= 0.6 is 15.9 Å². The number of rotatable bonds is 6. The van der Waals surface area contributed by atoms with Gasteiger partial charge in [0, 0.05) is 24.2 Å². The Hall–Kier alpha value is -2.74. The van der Waals surface area contributed by atoms with E-state index in [0.717, 1.165) is 25.0 Å². The number of carboxylic acid groups (broad SMARTS) is 1. The van der Waals surface area contributed by atoms with Crippen molar-refractivity contribution < 1.29 is 41.7 Å². The van der Waals surface area contributed by atoms with Crippen LogP contribution in [-0.2, 0) is 11.4 Å². The molecule has 35 heavy (non-hydrogen) atoms. The van der Waals surface area contributed by atoms with Gasteiger partial charge < -0.3 is 19.8 Å². The van der Waals surface area contributed by atoms with E-state index in [1.807, 2.05) is 18.7 Å². The summed E-state index contributed by atoms with van der Waals surface area (Å²) in [6.07, 6.45) is -3.40. The first kappa shape index (κ1) is 28.5. The van der Waals surface area contributed by atoms with Gasteiger partial charge in [0.25, 0.3) is 5.56 Å². The maximum Gasteiger partial charge on any atom is 0.490 e. The molecule has 2 heterocycles. The van der Waals surface area contributed by atoms with Crippen LogP contribution in [0.4, 0.5) is 27.9 Å². The van der Waals surface area contributed by atoms with Crippen LogP contribution in [-0.4, -0.2) is 51.1 Å². The Labute approximate surface area is 205 Å². The molecule has 1 fully saturated rings. The van der Waals surface area contributed by atoms with Crippen LogP contribution in [0.3, 0.4) is 0 Å². The monoisotopic (exact) mass is 571 g/mol. The second kappa shape index (κ2) is 11.8. The number of halogens is 6. The topological polar surface area (TPSA) is 105 Å². The maximum atomic E-state index is 13.9. The van der Waals surface area contributed by atoms with Crippen LogP contribution in [0.25, 0.3) is 0 Å². The molecule has 0 aliphatic carbocycles. The number of alkyl halides is 3. The first-order valence-electron chi connectivity index (χ1n) is 10.3. The molecule has 1 aromatic carbocycles.